The summed E-state index contributed by atoms with van der Waals surface area (Å²) in [7, 11) is 3.14. The van der Waals surface area contributed by atoms with Gasteiger partial charge in [-0.05, 0) is 12.1 Å². The van der Waals surface area contributed by atoms with Crippen LogP contribution in [0.1, 0.15) is 10.4 Å². The van der Waals surface area contributed by atoms with Gasteiger partial charge in [-0.2, -0.15) is 0 Å². The van der Waals surface area contributed by atoms with Gasteiger partial charge in [-0.1, -0.05) is 0 Å². The highest BCUT2D eigenvalue weighted by molar-refractivity contribution is 6.00. The minimum atomic E-state index is -1.35. The molecule has 0 aliphatic heterocycles. The summed E-state index contributed by atoms with van der Waals surface area (Å²) in [5.41, 5.74) is 4.64. The summed E-state index contributed by atoms with van der Waals surface area (Å²) in [5.74, 6) is -2.40. The summed E-state index contributed by atoms with van der Waals surface area (Å²) in [6.07, 6.45) is 0. The average Bonchev–Trinajstić information content (AvgIpc) is 2.29. The largest absolute Gasteiger partial charge is 0.478 e. The quantitative estimate of drug-likeness (QED) is 0.685. The molecule has 0 saturated carbocycles. The molecule has 0 saturated heterocycles. The van der Waals surface area contributed by atoms with E-state index in [0.717, 1.165) is 6.07 Å². The van der Waals surface area contributed by atoms with Crippen LogP contribution in [0.15, 0.2) is 12.1 Å². The number of likely N-dealkylation sites (N-methyl/N-ethyl adjacent to an activating group) is 1. The molecule has 0 aliphatic carbocycles. The molecule has 0 radical (unpaired) electrons. The maximum Gasteiger partial charge on any atom is 0.340 e. The van der Waals surface area contributed by atoms with Crippen LogP contribution in [0.25, 0.3) is 0 Å². The molecule has 7 heteroatoms. The molecule has 0 aliphatic rings. The lowest BCUT2D eigenvalue weighted by molar-refractivity contribution is -0.126. The van der Waals surface area contributed by atoms with Gasteiger partial charge in [0, 0.05) is 14.1 Å². The van der Waals surface area contributed by atoms with Crippen molar-refractivity contribution in [3.63, 3.8) is 0 Å². The minimum absolute atomic E-state index is 0.0989. The Morgan fingerprint density at radius 1 is 1.44 bits per heavy atom. The maximum atomic E-state index is 13.2. The molecule has 0 aromatic heterocycles. The maximum absolute atomic E-state index is 13.2. The van der Waals surface area contributed by atoms with Crippen molar-refractivity contribution in [2.24, 2.45) is 0 Å². The van der Waals surface area contributed by atoms with Crippen LogP contribution in [0.5, 0.6) is 0 Å². The number of anilines is 2. The van der Waals surface area contributed by atoms with Crippen molar-refractivity contribution in [1.29, 1.82) is 0 Å². The smallest absolute Gasteiger partial charge is 0.340 e. The molecule has 1 rings (SSSR count). The van der Waals surface area contributed by atoms with Crippen molar-refractivity contribution >= 4 is 23.3 Å². The minimum Gasteiger partial charge on any atom is -0.478 e. The fourth-order valence-corrected chi connectivity index (χ4v) is 1.30. The van der Waals surface area contributed by atoms with Crippen LogP contribution in [0.2, 0.25) is 0 Å². The molecule has 6 nitrogen and oxygen atoms in total. The number of aromatic carboxylic acids is 1. The Morgan fingerprint density at radius 2 is 2.06 bits per heavy atom. The molecule has 0 spiro atoms. The van der Waals surface area contributed by atoms with Gasteiger partial charge in [-0.3, -0.25) is 4.79 Å². The van der Waals surface area contributed by atoms with Crippen LogP contribution < -0.4 is 11.1 Å². The number of hydrogen-bond acceptors (Lipinski definition) is 4. The first-order chi connectivity index (χ1) is 8.34. The molecule has 0 unspecified atom stereocenters. The van der Waals surface area contributed by atoms with Gasteiger partial charge in [0.15, 0.2) is 0 Å². The number of carboxylic acids is 1. The van der Waals surface area contributed by atoms with E-state index in [1.807, 2.05) is 0 Å². The Labute approximate surface area is 103 Å². The zero-order valence-electron chi connectivity index (χ0n) is 10.0. The van der Waals surface area contributed by atoms with Crippen molar-refractivity contribution in [1.82, 2.24) is 4.90 Å². The fraction of sp³-hybridized carbons (Fsp3) is 0.273. The monoisotopic (exact) mass is 255 g/mol. The summed E-state index contributed by atoms with van der Waals surface area (Å²) in [4.78, 5) is 23.7. The number of carbonyl (C=O) groups is 2. The van der Waals surface area contributed by atoms with E-state index in [4.69, 9.17) is 10.8 Å². The van der Waals surface area contributed by atoms with E-state index in [2.05, 4.69) is 5.32 Å². The Kier molecular flexibility index (Phi) is 4.09. The number of halogens is 1. The highest BCUT2D eigenvalue weighted by Crippen LogP contribution is 2.24. The molecule has 1 aromatic rings. The molecule has 18 heavy (non-hydrogen) atoms. The third kappa shape index (κ3) is 2.88. The molecular weight excluding hydrogens is 241 g/mol. The summed E-state index contributed by atoms with van der Waals surface area (Å²) in [6.45, 7) is -0.0989. The summed E-state index contributed by atoms with van der Waals surface area (Å²) in [5, 5.41) is 11.6. The number of nitrogens with one attached hydrogen (secondary N) is 1. The molecule has 0 heterocycles. The van der Waals surface area contributed by atoms with E-state index >= 15 is 0 Å². The second-order valence-corrected chi connectivity index (χ2v) is 3.83. The number of nitrogen functional groups attached to an aromatic ring is 1. The normalized spacial score (nSPS) is 9.94. The van der Waals surface area contributed by atoms with Crippen LogP contribution >= 0.6 is 0 Å². The molecule has 0 atom stereocenters. The number of nitrogens with zero attached hydrogens (tertiary/aromatic N) is 1. The van der Waals surface area contributed by atoms with Crippen molar-refractivity contribution in [2.75, 3.05) is 31.7 Å². The Hall–Kier alpha value is -2.31. The van der Waals surface area contributed by atoms with Gasteiger partial charge in [0.1, 0.15) is 11.4 Å². The van der Waals surface area contributed by atoms with Gasteiger partial charge in [0.25, 0.3) is 0 Å². The number of carboxylic acid groups (broad SMARTS) is 1. The van der Waals surface area contributed by atoms with Crippen molar-refractivity contribution < 1.29 is 19.1 Å². The molecule has 98 valence electrons. The fourth-order valence-electron chi connectivity index (χ4n) is 1.30. The number of rotatable bonds is 4. The third-order valence-electron chi connectivity index (χ3n) is 2.34. The lowest BCUT2D eigenvalue weighted by atomic mass is 10.1. The van der Waals surface area contributed by atoms with Crippen molar-refractivity contribution in [2.45, 2.75) is 0 Å². The molecule has 1 aromatic carbocycles. The topological polar surface area (TPSA) is 95.7 Å². The summed E-state index contributed by atoms with van der Waals surface area (Å²) in [6, 6.07) is 2.28. The first kappa shape index (κ1) is 13.8. The van der Waals surface area contributed by atoms with Crippen LogP contribution in [-0.2, 0) is 4.79 Å². The van der Waals surface area contributed by atoms with E-state index in [9.17, 15) is 14.0 Å². The zero-order valence-corrected chi connectivity index (χ0v) is 10.0. The number of nitrogens with two attached hydrogens (primary N) is 1. The number of benzene rings is 1. The molecule has 0 bridgehead atoms. The molecular formula is C11H14FN3O3. The van der Waals surface area contributed by atoms with Gasteiger partial charge in [-0.25, -0.2) is 9.18 Å². The van der Waals surface area contributed by atoms with E-state index in [0.29, 0.717) is 0 Å². The number of hydrogen-bond donors (Lipinski definition) is 3. The SMILES string of the molecule is CN(C)C(=O)CNc1ccc(F)c(N)c1C(=O)O. The van der Waals surface area contributed by atoms with Gasteiger partial charge >= 0.3 is 5.97 Å². The lowest BCUT2D eigenvalue weighted by Gasteiger charge is -2.14. The number of amides is 1. The average molecular weight is 255 g/mol. The first-order valence-corrected chi connectivity index (χ1v) is 5.10. The van der Waals surface area contributed by atoms with Gasteiger partial charge in [0.2, 0.25) is 5.91 Å². The third-order valence-corrected chi connectivity index (χ3v) is 2.34. The summed E-state index contributed by atoms with van der Waals surface area (Å²) < 4.78 is 13.2. The van der Waals surface area contributed by atoms with E-state index in [1.54, 1.807) is 14.1 Å². The standard InChI is InChI=1S/C11H14FN3O3/c1-15(2)8(16)5-14-7-4-3-6(12)10(13)9(7)11(17)18/h3-4,14H,5,13H2,1-2H3,(H,17,18). The predicted octanol–water partition coefficient (Wildman–Crippen LogP) is 0.606. The van der Waals surface area contributed by atoms with Crippen LogP contribution in [0.3, 0.4) is 0 Å². The summed E-state index contributed by atoms with van der Waals surface area (Å²) >= 11 is 0. The van der Waals surface area contributed by atoms with Crippen molar-refractivity contribution in [3.8, 4) is 0 Å². The second kappa shape index (κ2) is 5.35. The van der Waals surface area contributed by atoms with Gasteiger partial charge < -0.3 is 21.1 Å². The van der Waals surface area contributed by atoms with Crippen LogP contribution in [0, 0.1) is 5.82 Å². The van der Waals surface area contributed by atoms with Crippen LogP contribution in [0.4, 0.5) is 15.8 Å². The predicted molar refractivity (Wildman–Crippen MR) is 65.0 cm³/mol. The Morgan fingerprint density at radius 3 is 2.56 bits per heavy atom. The zero-order chi connectivity index (χ0) is 13.9. The Balaban J connectivity index is 2.99. The molecule has 1 amide bonds. The highest BCUT2D eigenvalue weighted by Gasteiger charge is 2.18. The van der Waals surface area contributed by atoms with Crippen LogP contribution in [-0.4, -0.2) is 42.5 Å². The van der Waals surface area contributed by atoms with Gasteiger partial charge in [0.05, 0.1) is 17.9 Å². The first-order valence-electron chi connectivity index (χ1n) is 5.10. The second-order valence-electron chi connectivity index (χ2n) is 3.83. The van der Waals surface area contributed by atoms with E-state index < -0.39 is 17.5 Å². The number of carbonyl (C=O) groups excluding carboxylic acids is 1. The Bertz CT molecular complexity index is 489. The lowest BCUT2D eigenvalue weighted by Crippen LogP contribution is -2.29. The highest BCUT2D eigenvalue weighted by atomic mass is 19.1. The van der Waals surface area contributed by atoms with E-state index in [-0.39, 0.29) is 23.7 Å². The van der Waals surface area contributed by atoms with Gasteiger partial charge in [-0.15, -0.1) is 0 Å². The molecule has 4 N–H and O–H groups in total. The molecule has 0 fully saturated rings. The van der Waals surface area contributed by atoms with E-state index in [1.165, 1.54) is 11.0 Å². The van der Waals surface area contributed by atoms with Crippen molar-refractivity contribution in [3.05, 3.63) is 23.5 Å².